The summed E-state index contributed by atoms with van der Waals surface area (Å²) < 4.78 is 4.67. The summed E-state index contributed by atoms with van der Waals surface area (Å²) in [6.45, 7) is 0.206. The highest BCUT2D eigenvalue weighted by molar-refractivity contribution is 6.30. The van der Waals surface area contributed by atoms with Gasteiger partial charge in [-0.25, -0.2) is 0 Å². The Bertz CT molecular complexity index is 658. The topological polar surface area (TPSA) is 46.6 Å². The summed E-state index contributed by atoms with van der Waals surface area (Å²) in [4.78, 5) is 25.6. The second-order valence-electron chi connectivity index (χ2n) is 4.73. The second kappa shape index (κ2) is 7.61. The van der Waals surface area contributed by atoms with E-state index in [2.05, 4.69) is 4.74 Å². The summed E-state index contributed by atoms with van der Waals surface area (Å²) in [7, 11) is 1.30. The van der Waals surface area contributed by atoms with E-state index in [1.165, 1.54) is 12.0 Å². The maximum absolute atomic E-state index is 12.6. The molecule has 0 atom stereocenters. The third kappa shape index (κ3) is 4.33. The first kappa shape index (κ1) is 16.0. The van der Waals surface area contributed by atoms with E-state index in [1.54, 1.807) is 24.3 Å². The zero-order valence-corrected chi connectivity index (χ0v) is 12.9. The number of nitrogens with zero attached hydrogens (tertiary/aromatic N) is 1. The van der Waals surface area contributed by atoms with E-state index in [4.69, 9.17) is 11.6 Å². The number of esters is 1. The molecule has 2 aromatic rings. The molecule has 22 heavy (non-hydrogen) atoms. The van der Waals surface area contributed by atoms with Crippen LogP contribution in [0.1, 0.15) is 15.9 Å². The SMILES string of the molecule is COC(=O)CN(Cc1ccccc1)C(=O)c1cccc(Cl)c1. The van der Waals surface area contributed by atoms with Gasteiger partial charge in [-0.3, -0.25) is 9.59 Å². The Morgan fingerprint density at radius 2 is 1.82 bits per heavy atom. The predicted molar refractivity (Wildman–Crippen MR) is 84.7 cm³/mol. The largest absolute Gasteiger partial charge is 0.468 e. The summed E-state index contributed by atoms with van der Waals surface area (Å²) in [5.41, 5.74) is 1.37. The Morgan fingerprint density at radius 3 is 2.45 bits per heavy atom. The summed E-state index contributed by atoms with van der Waals surface area (Å²) in [5.74, 6) is -0.733. The van der Waals surface area contributed by atoms with Crippen molar-refractivity contribution in [1.29, 1.82) is 0 Å². The van der Waals surface area contributed by atoms with E-state index in [9.17, 15) is 9.59 Å². The van der Waals surface area contributed by atoms with Gasteiger partial charge in [-0.2, -0.15) is 0 Å². The lowest BCUT2D eigenvalue weighted by Crippen LogP contribution is -2.35. The average Bonchev–Trinajstić information content (AvgIpc) is 2.54. The molecule has 1 amide bonds. The van der Waals surface area contributed by atoms with Crippen LogP contribution in [0.5, 0.6) is 0 Å². The summed E-state index contributed by atoms with van der Waals surface area (Å²) >= 11 is 5.92. The van der Waals surface area contributed by atoms with Gasteiger partial charge >= 0.3 is 5.97 Å². The van der Waals surface area contributed by atoms with Gasteiger partial charge in [0.2, 0.25) is 0 Å². The Balaban J connectivity index is 2.23. The minimum atomic E-state index is -0.466. The number of amides is 1. The minimum absolute atomic E-state index is 0.114. The number of rotatable bonds is 5. The molecule has 114 valence electrons. The Kier molecular flexibility index (Phi) is 5.55. The standard InChI is InChI=1S/C17H16ClNO3/c1-22-16(20)12-19(11-13-6-3-2-4-7-13)17(21)14-8-5-9-15(18)10-14/h2-10H,11-12H2,1H3. The lowest BCUT2D eigenvalue weighted by Gasteiger charge is -2.21. The fourth-order valence-corrected chi connectivity index (χ4v) is 2.22. The van der Waals surface area contributed by atoms with Crippen LogP contribution in [0.4, 0.5) is 0 Å². The summed E-state index contributed by atoms with van der Waals surface area (Å²) in [6, 6.07) is 16.1. The molecule has 4 nitrogen and oxygen atoms in total. The number of carbonyl (C=O) groups is 2. The molecule has 0 radical (unpaired) electrons. The Morgan fingerprint density at radius 1 is 1.09 bits per heavy atom. The van der Waals surface area contributed by atoms with Gasteiger partial charge in [-0.15, -0.1) is 0 Å². The molecule has 0 aromatic heterocycles. The van der Waals surface area contributed by atoms with E-state index in [0.717, 1.165) is 5.56 Å². The Hall–Kier alpha value is -2.33. The lowest BCUT2D eigenvalue weighted by atomic mass is 10.1. The molecule has 0 fully saturated rings. The monoisotopic (exact) mass is 317 g/mol. The van der Waals surface area contributed by atoms with Crippen LogP contribution in [-0.4, -0.2) is 30.4 Å². The highest BCUT2D eigenvalue weighted by Crippen LogP contribution is 2.14. The second-order valence-corrected chi connectivity index (χ2v) is 5.17. The Labute approximate surface area is 134 Å². The van der Waals surface area contributed by atoms with E-state index in [1.807, 2.05) is 30.3 Å². The van der Waals surface area contributed by atoms with Crippen LogP contribution < -0.4 is 0 Å². The number of methoxy groups -OCH3 is 1. The number of hydrogen-bond donors (Lipinski definition) is 0. The van der Waals surface area contributed by atoms with E-state index in [-0.39, 0.29) is 12.5 Å². The molecular formula is C17H16ClNO3. The molecule has 0 saturated heterocycles. The van der Waals surface area contributed by atoms with Gasteiger partial charge in [0.1, 0.15) is 6.54 Å². The van der Waals surface area contributed by atoms with Crippen molar-refractivity contribution >= 4 is 23.5 Å². The number of carbonyl (C=O) groups excluding carboxylic acids is 2. The van der Waals surface area contributed by atoms with Crippen LogP contribution in [0.2, 0.25) is 5.02 Å². The molecule has 0 spiro atoms. The average molecular weight is 318 g/mol. The van der Waals surface area contributed by atoms with Gasteiger partial charge in [-0.1, -0.05) is 48.0 Å². The zero-order valence-electron chi connectivity index (χ0n) is 12.2. The van der Waals surface area contributed by atoms with Crippen LogP contribution in [0.15, 0.2) is 54.6 Å². The van der Waals surface area contributed by atoms with E-state index < -0.39 is 5.97 Å². The molecule has 0 aliphatic carbocycles. The third-order valence-corrected chi connectivity index (χ3v) is 3.36. The molecule has 0 bridgehead atoms. The molecule has 0 unspecified atom stereocenters. The van der Waals surface area contributed by atoms with Gasteiger partial charge < -0.3 is 9.64 Å². The van der Waals surface area contributed by atoms with Crippen molar-refractivity contribution in [3.8, 4) is 0 Å². The minimum Gasteiger partial charge on any atom is -0.468 e. The van der Waals surface area contributed by atoms with Gasteiger partial charge in [0, 0.05) is 17.1 Å². The maximum atomic E-state index is 12.6. The van der Waals surface area contributed by atoms with E-state index >= 15 is 0 Å². The molecule has 0 saturated carbocycles. The van der Waals surface area contributed by atoms with Crippen molar-refractivity contribution in [3.05, 3.63) is 70.7 Å². The van der Waals surface area contributed by atoms with Crippen molar-refractivity contribution in [2.45, 2.75) is 6.54 Å². The number of hydrogen-bond acceptors (Lipinski definition) is 3. The van der Waals surface area contributed by atoms with Crippen LogP contribution in [0.25, 0.3) is 0 Å². The molecule has 0 aliphatic heterocycles. The van der Waals surface area contributed by atoms with Crippen molar-refractivity contribution in [3.63, 3.8) is 0 Å². The van der Waals surface area contributed by atoms with Crippen LogP contribution in [0, 0.1) is 0 Å². The van der Waals surface area contributed by atoms with Crippen LogP contribution in [0.3, 0.4) is 0 Å². The van der Waals surface area contributed by atoms with Crippen molar-refractivity contribution in [1.82, 2.24) is 4.90 Å². The number of halogens is 1. The number of ether oxygens (including phenoxy) is 1. The normalized spacial score (nSPS) is 10.1. The molecular weight excluding hydrogens is 302 g/mol. The summed E-state index contributed by atoms with van der Waals surface area (Å²) in [6.07, 6.45) is 0. The highest BCUT2D eigenvalue weighted by atomic mass is 35.5. The molecule has 2 rings (SSSR count). The lowest BCUT2D eigenvalue weighted by molar-refractivity contribution is -0.141. The van der Waals surface area contributed by atoms with Crippen molar-refractivity contribution < 1.29 is 14.3 Å². The molecule has 0 N–H and O–H groups in total. The zero-order chi connectivity index (χ0) is 15.9. The first-order valence-corrected chi connectivity index (χ1v) is 7.13. The fourth-order valence-electron chi connectivity index (χ4n) is 2.03. The molecule has 2 aromatic carbocycles. The molecule has 5 heteroatoms. The third-order valence-electron chi connectivity index (χ3n) is 3.12. The predicted octanol–water partition coefficient (Wildman–Crippen LogP) is 3.16. The van der Waals surface area contributed by atoms with Crippen LogP contribution >= 0.6 is 11.6 Å². The quantitative estimate of drug-likeness (QED) is 0.796. The molecule has 0 heterocycles. The maximum Gasteiger partial charge on any atom is 0.325 e. The van der Waals surface area contributed by atoms with Crippen molar-refractivity contribution in [2.75, 3.05) is 13.7 Å². The van der Waals surface area contributed by atoms with E-state index in [0.29, 0.717) is 17.1 Å². The van der Waals surface area contributed by atoms with Gasteiger partial charge in [-0.05, 0) is 23.8 Å². The van der Waals surface area contributed by atoms with Gasteiger partial charge in [0.25, 0.3) is 5.91 Å². The fraction of sp³-hybridized carbons (Fsp3) is 0.176. The van der Waals surface area contributed by atoms with Gasteiger partial charge in [0.15, 0.2) is 0 Å². The van der Waals surface area contributed by atoms with Crippen LogP contribution in [-0.2, 0) is 16.1 Å². The molecule has 0 aliphatic rings. The summed E-state index contributed by atoms with van der Waals surface area (Å²) in [5, 5.41) is 0.476. The first-order valence-electron chi connectivity index (χ1n) is 6.75. The first-order chi connectivity index (χ1) is 10.6. The smallest absolute Gasteiger partial charge is 0.325 e. The van der Waals surface area contributed by atoms with Gasteiger partial charge in [0.05, 0.1) is 7.11 Å². The highest BCUT2D eigenvalue weighted by Gasteiger charge is 2.19. The van der Waals surface area contributed by atoms with Crippen molar-refractivity contribution in [2.24, 2.45) is 0 Å². The number of benzene rings is 2.